The minimum Gasteiger partial charge on any atom is -0.494 e. The molecule has 3 aromatic rings. The molecule has 1 spiro atoms. The average molecular weight is 470 g/mol. The maximum Gasteiger partial charge on any atom is 0.259 e. The van der Waals surface area contributed by atoms with Crippen LogP contribution in [-0.2, 0) is 4.79 Å². The molecule has 2 aromatic heterocycles. The number of amides is 1. The third-order valence-electron chi connectivity index (χ3n) is 7.60. The molecule has 3 aliphatic rings. The largest absolute Gasteiger partial charge is 0.494 e. The van der Waals surface area contributed by atoms with Crippen LogP contribution in [-0.4, -0.2) is 46.4 Å². The van der Waals surface area contributed by atoms with Gasteiger partial charge in [0, 0.05) is 23.3 Å². The van der Waals surface area contributed by atoms with Crippen molar-refractivity contribution < 1.29 is 9.53 Å². The Labute approximate surface area is 203 Å². The van der Waals surface area contributed by atoms with E-state index in [2.05, 4.69) is 38.7 Å². The summed E-state index contributed by atoms with van der Waals surface area (Å²) < 4.78 is 7.43. The number of methoxy groups -OCH3 is 1. The lowest BCUT2D eigenvalue weighted by Gasteiger charge is -2.43. The van der Waals surface area contributed by atoms with E-state index < -0.39 is 5.54 Å². The molecule has 9 heteroatoms. The van der Waals surface area contributed by atoms with Gasteiger partial charge >= 0.3 is 0 Å². The molecule has 4 heterocycles. The van der Waals surface area contributed by atoms with Crippen LogP contribution in [0.2, 0.25) is 0 Å². The van der Waals surface area contributed by atoms with E-state index in [1.54, 1.807) is 11.0 Å². The standard InChI is InChI=1S/C26H27N7O2/c1-17-32(21-13-24(35-2)23(14-27)29-15-21)25(34)26(8-3-9-26)33(17)20-4-5-22-18(12-20)16-31(30-22)19-6-10-28-11-7-19/h4-5,12-13,15-16,19,28H,1,3,6-11H2,2H3. The van der Waals surface area contributed by atoms with Crippen LogP contribution in [0.4, 0.5) is 11.4 Å². The SMILES string of the molecule is C=C1N(c2cnc(C#N)c(OC)c2)C(=O)C2(CCC2)N1c1ccc2nn(C3CCNCC3)cc2c1. The van der Waals surface area contributed by atoms with E-state index in [-0.39, 0.29) is 11.6 Å². The van der Waals surface area contributed by atoms with Crippen LogP contribution in [0.3, 0.4) is 0 Å². The van der Waals surface area contributed by atoms with Gasteiger partial charge in [-0.05, 0) is 63.4 Å². The van der Waals surface area contributed by atoms with Crippen molar-refractivity contribution in [1.82, 2.24) is 20.1 Å². The first kappa shape index (κ1) is 21.6. The van der Waals surface area contributed by atoms with Crippen molar-refractivity contribution in [2.45, 2.75) is 43.7 Å². The topological polar surface area (TPSA) is 99.3 Å². The third-order valence-corrected chi connectivity index (χ3v) is 7.60. The fourth-order valence-corrected chi connectivity index (χ4v) is 5.61. The van der Waals surface area contributed by atoms with Crippen LogP contribution in [0.25, 0.3) is 10.9 Å². The molecule has 2 saturated heterocycles. The number of nitrogens with one attached hydrogen (secondary N) is 1. The maximum atomic E-state index is 13.8. The van der Waals surface area contributed by atoms with Crippen LogP contribution >= 0.6 is 0 Å². The number of carbonyl (C=O) groups excluding carboxylic acids is 1. The molecule has 0 atom stereocenters. The van der Waals surface area contributed by atoms with Crippen LogP contribution in [0.15, 0.2) is 49.1 Å². The quantitative estimate of drug-likeness (QED) is 0.624. The highest BCUT2D eigenvalue weighted by Crippen LogP contribution is 2.50. The number of nitriles is 1. The first-order chi connectivity index (χ1) is 17.1. The molecule has 1 N–H and O–H groups in total. The van der Waals surface area contributed by atoms with Crippen LogP contribution in [0.1, 0.15) is 43.8 Å². The Morgan fingerprint density at radius 1 is 1.23 bits per heavy atom. The van der Waals surface area contributed by atoms with Crippen molar-refractivity contribution in [3.05, 3.63) is 54.8 Å². The summed E-state index contributed by atoms with van der Waals surface area (Å²) in [6.45, 7) is 6.34. The Hall–Kier alpha value is -3.90. The third kappa shape index (κ3) is 3.21. The predicted octanol–water partition coefficient (Wildman–Crippen LogP) is 3.48. The number of nitrogens with zero attached hydrogens (tertiary/aromatic N) is 6. The summed E-state index contributed by atoms with van der Waals surface area (Å²) in [5, 5.41) is 18.6. The van der Waals surface area contributed by atoms with Gasteiger partial charge in [-0.2, -0.15) is 10.4 Å². The molecule has 0 bridgehead atoms. The highest BCUT2D eigenvalue weighted by molar-refractivity contribution is 6.11. The number of piperidine rings is 1. The number of rotatable bonds is 4. The van der Waals surface area contributed by atoms with Gasteiger partial charge in [-0.15, -0.1) is 0 Å². The van der Waals surface area contributed by atoms with E-state index in [1.165, 1.54) is 13.3 Å². The maximum absolute atomic E-state index is 13.8. The summed E-state index contributed by atoms with van der Waals surface area (Å²) in [7, 11) is 1.49. The van der Waals surface area contributed by atoms with Gasteiger partial charge in [-0.1, -0.05) is 6.58 Å². The van der Waals surface area contributed by atoms with Gasteiger partial charge in [-0.25, -0.2) is 4.98 Å². The molecule has 2 aliphatic heterocycles. The van der Waals surface area contributed by atoms with E-state index in [4.69, 9.17) is 9.84 Å². The fourth-order valence-electron chi connectivity index (χ4n) is 5.61. The zero-order valence-corrected chi connectivity index (χ0v) is 19.7. The zero-order chi connectivity index (χ0) is 24.2. The number of hydrogen-bond donors (Lipinski definition) is 1. The summed E-state index contributed by atoms with van der Waals surface area (Å²) >= 11 is 0. The van der Waals surface area contributed by atoms with Gasteiger partial charge in [0.1, 0.15) is 17.4 Å². The second kappa shape index (κ2) is 8.10. The second-order valence-electron chi connectivity index (χ2n) is 9.47. The van der Waals surface area contributed by atoms with Gasteiger partial charge in [0.05, 0.1) is 30.6 Å². The van der Waals surface area contributed by atoms with Crippen molar-refractivity contribution in [3.8, 4) is 11.8 Å². The van der Waals surface area contributed by atoms with Crippen molar-refractivity contribution in [3.63, 3.8) is 0 Å². The Morgan fingerprint density at radius 3 is 2.71 bits per heavy atom. The molecule has 35 heavy (non-hydrogen) atoms. The minimum absolute atomic E-state index is 0.0205. The molecule has 178 valence electrons. The van der Waals surface area contributed by atoms with E-state index in [0.29, 0.717) is 23.3 Å². The average Bonchev–Trinajstić information content (AvgIpc) is 3.39. The van der Waals surface area contributed by atoms with Crippen molar-refractivity contribution >= 4 is 28.2 Å². The van der Waals surface area contributed by atoms with Crippen molar-refractivity contribution in [2.75, 3.05) is 30.0 Å². The molecule has 6 rings (SSSR count). The molecule has 0 unspecified atom stereocenters. The fraction of sp³-hybridized carbons (Fsp3) is 0.385. The number of hydrogen-bond acceptors (Lipinski definition) is 7. The number of ether oxygens (including phenoxy) is 1. The first-order valence-electron chi connectivity index (χ1n) is 12.0. The smallest absolute Gasteiger partial charge is 0.259 e. The van der Waals surface area contributed by atoms with Crippen LogP contribution in [0.5, 0.6) is 5.75 Å². The van der Waals surface area contributed by atoms with Crippen molar-refractivity contribution in [2.24, 2.45) is 0 Å². The molecule has 1 aromatic carbocycles. The Bertz CT molecular complexity index is 1380. The Balaban J connectivity index is 1.38. The monoisotopic (exact) mass is 469 g/mol. The second-order valence-corrected chi connectivity index (χ2v) is 9.47. The van der Waals surface area contributed by atoms with Crippen LogP contribution < -0.4 is 19.9 Å². The van der Waals surface area contributed by atoms with E-state index in [1.807, 2.05) is 18.2 Å². The minimum atomic E-state index is -0.656. The number of fused-ring (bicyclic) bond motifs is 1. The molecule has 0 radical (unpaired) electrons. The van der Waals surface area contributed by atoms with Crippen molar-refractivity contribution in [1.29, 1.82) is 5.26 Å². The zero-order valence-electron chi connectivity index (χ0n) is 19.7. The number of benzene rings is 1. The summed E-state index contributed by atoms with van der Waals surface area (Å²) in [6, 6.07) is 10.3. The Kier molecular flexibility index (Phi) is 5.00. The van der Waals surface area contributed by atoms with E-state index in [9.17, 15) is 10.1 Å². The van der Waals surface area contributed by atoms with Gasteiger partial charge in [0.2, 0.25) is 0 Å². The highest BCUT2D eigenvalue weighted by atomic mass is 16.5. The lowest BCUT2D eigenvalue weighted by atomic mass is 9.75. The molecule has 1 saturated carbocycles. The highest BCUT2D eigenvalue weighted by Gasteiger charge is 2.58. The summed E-state index contributed by atoms with van der Waals surface area (Å²) in [5.41, 5.74) is 1.95. The molecular formula is C26H27N7O2. The first-order valence-corrected chi connectivity index (χ1v) is 12.0. The lowest BCUT2D eigenvalue weighted by Crippen LogP contribution is -2.54. The number of aromatic nitrogens is 3. The van der Waals surface area contributed by atoms with E-state index in [0.717, 1.165) is 61.8 Å². The molecule has 9 nitrogen and oxygen atoms in total. The number of anilines is 2. The number of carbonyl (C=O) groups is 1. The van der Waals surface area contributed by atoms with E-state index >= 15 is 0 Å². The summed E-state index contributed by atoms with van der Waals surface area (Å²) in [5.74, 6) is 0.889. The molecule has 3 fully saturated rings. The van der Waals surface area contributed by atoms with Crippen LogP contribution in [0, 0.1) is 11.3 Å². The Morgan fingerprint density at radius 2 is 2.03 bits per heavy atom. The lowest BCUT2D eigenvalue weighted by molar-refractivity contribution is -0.123. The van der Waals surface area contributed by atoms with Gasteiger partial charge in [-0.3, -0.25) is 14.4 Å². The van der Waals surface area contributed by atoms with Gasteiger partial charge in [0.15, 0.2) is 11.4 Å². The van der Waals surface area contributed by atoms with Gasteiger partial charge < -0.3 is 15.0 Å². The molecule has 1 amide bonds. The molecule has 1 aliphatic carbocycles. The summed E-state index contributed by atoms with van der Waals surface area (Å²) in [6.07, 6.45) is 8.29. The normalized spacial score (nSPS) is 19.9. The van der Waals surface area contributed by atoms with Gasteiger partial charge in [0.25, 0.3) is 5.91 Å². The predicted molar refractivity (Wildman–Crippen MR) is 132 cm³/mol. The summed E-state index contributed by atoms with van der Waals surface area (Å²) in [4.78, 5) is 21.7. The number of pyridine rings is 1. The molecular weight excluding hydrogens is 442 g/mol.